The Morgan fingerprint density at radius 2 is 0.735 bits per heavy atom. The Hall–Kier alpha value is -2.68. The van der Waals surface area contributed by atoms with Crippen LogP contribution in [0.1, 0.15) is 251 Å². The topological polar surface area (TPSA) is 160 Å². The zero-order valence-electron chi connectivity index (χ0n) is 46.6. The summed E-state index contributed by atoms with van der Waals surface area (Å²) in [7, 11) is 3.06. The molecule has 68 heavy (non-hydrogen) atoms. The normalized spacial score (nSPS) is 18.7. The molecule has 0 spiro atoms. The van der Waals surface area contributed by atoms with Crippen molar-refractivity contribution >= 4 is 23.8 Å². The van der Waals surface area contributed by atoms with Gasteiger partial charge in [0, 0.05) is 74.8 Å². The molecule has 0 atom stereocenters. The molecule has 2 aliphatic rings. The molecular formula is C54H104N6O8. The van der Waals surface area contributed by atoms with Crippen LogP contribution in [0, 0.1) is 0 Å². The molecule has 2 saturated heterocycles. The van der Waals surface area contributed by atoms with E-state index in [-0.39, 0.29) is 58.1 Å². The summed E-state index contributed by atoms with van der Waals surface area (Å²) in [4.78, 5) is 61.1. The lowest BCUT2D eigenvalue weighted by Crippen LogP contribution is -2.62. The Balaban J connectivity index is 0.00000122. The second kappa shape index (κ2) is 30.9. The Morgan fingerprint density at radius 3 is 1.01 bits per heavy atom. The molecule has 0 bridgehead atoms. The van der Waals surface area contributed by atoms with E-state index in [1.54, 1.807) is 27.7 Å². The second-order valence-corrected chi connectivity index (χ2v) is 23.2. The standard InChI is InChI=1S/C44H84N2O6.C10H20N4O2/c1-11-13-15-17-23-27-31-49-45-41(3,4)33-37(34-42(45,5)6)51-39(47)29-25-21-19-20-22-26-30-40(48)52-38-35-43(7,8)46(44(9,10)36-38)50-32-28-24-18-16-14-12-2;1-9(2,7(15)11-5)13-14-10(3,4)8(16)12-6/h37-38H,11-36H2,1-10H3;1-6H3,(H,11,15)(H,12,16). The molecule has 14 nitrogen and oxygen atoms in total. The van der Waals surface area contributed by atoms with Crippen molar-refractivity contribution in [2.75, 3.05) is 27.3 Å². The van der Waals surface area contributed by atoms with Gasteiger partial charge in [-0.2, -0.15) is 20.4 Å². The van der Waals surface area contributed by atoms with E-state index >= 15 is 0 Å². The summed E-state index contributed by atoms with van der Waals surface area (Å²) in [5, 5.41) is 17.2. The summed E-state index contributed by atoms with van der Waals surface area (Å²) in [6, 6.07) is 0. The fourth-order valence-corrected chi connectivity index (χ4v) is 9.97. The molecule has 0 saturated carbocycles. The van der Waals surface area contributed by atoms with E-state index in [0.29, 0.717) is 12.8 Å². The SMILES string of the molecule is CCCCCCCCON1C(C)(C)CC(OC(=O)CCCCCCCCC(=O)OC2CC(C)(C)N(OCCCCCCCC)C(C)(C)C2)CC1(C)C.CNC(=O)C(C)(C)N=NC(C)(C)C(=O)NC. The molecule has 0 aromatic heterocycles. The number of rotatable bonds is 31. The molecule has 0 unspecified atom stereocenters. The number of nitrogens with one attached hydrogen (secondary N) is 2. The number of likely N-dealkylation sites (N-methyl/N-ethyl adjacent to an activating group) is 2. The highest BCUT2D eigenvalue weighted by molar-refractivity contribution is 5.86. The van der Waals surface area contributed by atoms with Crippen LogP contribution in [0.2, 0.25) is 0 Å². The Labute approximate surface area is 415 Å². The van der Waals surface area contributed by atoms with Crippen LogP contribution >= 0.6 is 0 Å². The van der Waals surface area contributed by atoms with Gasteiger partial charge in [0.2, 0.25) is 11.8 Å². The Bertz CT molecular complexity index is 1350. The second-order valence-electron chi connectivity index (χ2n) is 23.2. The van der Waals surface area contributed by atoms with Crippen molar-refractivity contribution in [3.05, 3.63) is 0 Å². The summed E-state index contributed by atoms with van der Waals surface area (Å²) in [6.45, 7) is 30.2. The third-order valence-electron chi connectivity index (χ3n) is 13.3. The smallest absolute Gasteiger partial charge is 0.306 e. The number of azo groups is 1. The summed E-state index contributed by atoms with van der Waals surface area (Å²) in [5.41, 5.74) is -2.75. The summed E-state index contributed by atoms with van der Waals surface area (Å²) < 4.78 is 12.0. The number of hydrogen-bond acceptors (Lipinski definition) is 12. The van der Waals surface area contributed by atoms with Gasteiger partial charge in [-0.1, -0.05) is 104 Å². The molecule has 2 fully saturated rings. The molecule has 398 valence electrons. The molecule has 2 amide bonds. The first-order chi connectivity index (χ1) is 31.7. The van der Waals surface area contributed by atoms with Crippen LogP contribution in [-0.4, -0.2) is 107 Å². The summed E-state index contributed by atoms with van der Waals surface area (Å²) >= 11 is 0. The van der Waals surface area contributed by atoms with Gasteiger partial charge in [-0.15, -0.1) is 0 Å². The van der Waals surface area contributed by atoms with Crippen LogP contribution in [0.3, 0.4) is 0 Å². The first-order valence-electron chi connectivity index (χ1n) is 26.8. The lowest BCUT2D eigenvalue weighted by atomic mass is 9.80. The van der Waals surface area contributed by atoms with E-state index in [1.165, 1.54) is 78.3 Å². The van der Waals surface area contributed by atoms with Crippen LogP contribution in [0.15, 0.2) is 10.2 Å². The van der Waals surface area contributed by atoms with E-state index in [4.69, 9.17) is 19.1 Å². The number of hydroxylamine groups is 4. The number of piperidine rings is 2. The van der Waals surface area contributed by atoms with Gasteiger partial charge in [0.05, 0.1) is 13.2 Å². The Kier molecular flexibility index (Phi) is 28.8. The monoisotopic (exact) mass is 965 g/mol. The van der Waals surface area contributed by atoms with Crippen molar-refractivity contribution in [2.24, 2.45) is 10.2 Å². The minimum Gasteiger partial charge on any atom is -0.462 e. The molecule has 2 rings (SSSR count). The number of carbonyl (C=O) groups excluding carboxylic acids is 4. The van der Waals surface area contributed by atoms with Gasteiger partial charge >= 0.3 is 11.9 Å². The predicted molar refractivity (Wildman–Crippen MR) is 275 cm³/mol. The Morgan fingerprint density at radius 1 is 0.471 bits per heavy atom. The molecule has 14 heteroatoms. The van der Waals surface area contributed by atoms with Crippen LogP contribution < -0.4 is 10.6 Å². The van der Waals surface area contributed by atoms with Crippen LogP contribution in [-0.2, 0) is 38.3 Å². The minimum absolute atomic E-state index is 0.0812. The molecule has 0 aliphatic carbocycles. The van der Waals surface area contributed by atoms with E-state index in [2.05, 4.69) is 100 Å². The highest BCUT2D eigenvalue weighted by atomic mass is 16.7. The van der Waals surface area contributed by atoms with Crippen molar-refractivity contribution < 1.29 is 38.3 Å². The van der Waals surface area contributed by atoms with Crippen molar-refractivity contribution in [3.63, 3.8) is 0 Å². The molecular weight excluding hydrogens is 861 g/mol. The lowest BCUT2D eigenvalue weighted by molar-refractivity contribution is -0.293. The number of amides is 2. The van der Waals surface area contributed by atoms with Crippen LogP contribution in [0.5, 0.6) is 0 Å². The maximum atomic E-state index is 12.8. The largest absolute Gasteiger partial charge is 0.462 e. The van der Waals surface area contributed by atoms with E-state index in [9.17, 15) is 19.2 Å². The van der Waals surface area contributed by atoms with E-state index < -0.39 is 11.1 Å². The van der Waals surface area contributed by atoms with Gasteiger partial charge < -0.3 is 20.1 Å². The van der Waals surface area contributed by atoms with E-state index in [1.807, 2.05) is 0 Å². The third-order valence-corrected chi connectivity index (χ3v) is 13.3. The fourth-order valence-electron chi connectivity index (χ4n) is 9.97. The van der Waals surface area contributed by atoms with E-state index in [0.717, 1.165) is 90.3 Å². The van der Waals surface area contributed by atoms with Crippen molar-refractivity contribution in [1.82, 2.24) is 20.8 Å². The zero-order chi connectivity index (χ0) is 51.7. The fraction of sp³-hybridized carbons (Fsp3) is 0.926. The van der Waals surface area contributed by atoms with Crippen molar-refractivity contribution in [2.45, 2.75) is 296 Å². The maximum Gasteiger partial charge on any atom is 0.306 e. The van der Waals surface area contributed by atoms with Crippen LogP contribution in [0.4, 0.5) is 0 Å². The third kappa shape index (κ3) is 24.0. The quantitative estimate of drug-likeness (QED) is 0.0389. The molecule has 2 aliphatic heterocycles. The number of ether oxygens (including phenoxy) is 2. The average Bonchev–Trinajstić information content (AvgIpc) is 3.23. The highest BCUT2D eigenvalue weighted by Gasteiger charge is 2.49. The van der Waals surface area contributed by atoms with Gasteiger partial charge in [-0.3, -0.25) is 28.9 Å². The molecule has 0 radical (unpaired) electrons. The average molecular weight is 965 g/mol. The van der Waals surface area contributed by atoms with Gasteiger partial charge in [0.15, 0.2) is 11.1 Å². The molecule has 0 aromatic rings. The van der Waals surface area contributed by atoms with Gasteiger partial charge in [0.25, 0.3) is 0 Å². The number of unbranched alkanes of at least 4 members (excludes halogenated alkanes) is 15. The molecule has 2 heterocycles. The highest BCUT2D eigenvalue weighted by Crippen LogP contribution is 2.41. The zero-order valence-corrected chi connectivity index (χ0v) is 46.6. The number of nitrogens with zero attached hydrogens (tertiary/aromatic N) is 4. The van der Waals surface area contributed by atoms with Crippen molar-refractivity contribution in [3.8, 4) is 0 Å². The number of hydrogen-bond donors (Lipinski definition) is 2. The molecule has 2 N–H and O–H groups in total. The van der Waals surface area contributed by atoms with Gasteiger partial charge in [-0.25, -0.2) is 0 Å². The number of esters is 2. The van der Waals surface area contributed by atoms with Gasteiger partial charge in [-0.05, 0) is 109 Å². The summed E-state index contributed by atoms with van der Waals surface area (Å²) in [6.07, 6.45) is 24.7. The lowest BCUT2D eigenvalue weighted by Gasteiger charge is -2.53. The first-order valence-corrected chi connectivity index (χ1v) is 26.8. The van der Waals surface area contributed by atoms with Gasteiger partial charge in [0.1, 0.15) is 12.2 Å². The first kappa shape index (κ1) is 63.3. The van der Waals surface area contributed by atoms with Crippen molar-refractivity contribution in [1.29, 1.82) is 0 Å². The van der Waals surface area contributed by atoms with Crippen LogP contribution in [0.25, 0.3) is 0 Å². The summed E-state index contributed by atoms with van der Waals surface area (Å²) in [5.74, 6) is -0.655. The minimum atomic E-state index is -0.972. The predicted octanol–water partition coefficient (Wildman–Crippen LogP) is 12.3. The number of carbonyl (C=O) groups is 4. The molecule has 0 aromatic carbocycles. The maximum absolute atomic E-state index is 12.8.